The molecule has 0 bridgehead atoms. The highest BCUT2D eigenvalue weighted by Crippen LogP contribution is 2.26. The first-order valence-corrected chi connectivity index (χ1v) is 7.06. The van der Waals surface area contributed by atoms with Crippen LogP contribution in [0.25, 0.3) is 0 Å². The fraction of sp³-hybridized carbons (Fsp3) is 0.333. The van der Waals surface area contributed by atoms with E-state index in [9.17, 15) is 0 Å². The lowest BCUT2D eigenvalue weighted by Gasteiger charge is -2.18. The largest absolute Gasteiger partial charge is 0.497 e. The van der Waals surface area contributed by atoms with Crippen LogP contribution in [0.4, 0.5) is 0 Å². The Kier molecular flexibility index (Phi) is 4.80. The van der Waals surface area contributed by atoms with Crippen molar-refractivity contribution in [2.45, 2.75) is 25.8 Å². The average molecular weight is 269 g/mol. The summed E-state index contributed by atoms with van der Waals surface area (Å²) in [6, 6.07) is 17.2. The van der Waals surface area contributed by atoms with Gasteiger partial charge in [-0.05, 0) is 41.8 Å². The van der Waals surface area contributed by atoms with E-state index in [4.69, 9.17) is 4.74 Å². The van der Waals surface area contributed by atoms with Gasteiger partial charge in [-0.25, -0.2) is 0 Å². The third kappa shape index (κ3) is 3.20. The molecule has 2 rings (SSSR count). The number of rotatable bonds is 5. The lowest BCUT2D eigenvalue weighted by atomic mass is 9.95. The van der Waals surface area contributed by atoms with Gasteiger partial charge in [0.2, 0.25) is 0 Å². The van der Waals surface area contributed by atoms with Crippen molar-refractivity contribution in [3.8, 4) is 5.75 Å². The summed E-state index contributed by atoms with van der Waals surface area (Å²) in [5, 5.41) is 3.38. The second-order valence-corrected chi connectivity index (χ2v) is 5.32. The van der Waals surface area contributed by atoms with Crippen molar-refractivity contribution in [1.29, 1.82) is 0 Å². The van der Waals surface area contributed by atoms with Crippen molar-refractivity contribution in [1.82, 2.24) is 5.32 Å². The van der Waals surface area contributed by atoms with Crippen LogP contribution in [0.5, 0.6) is 5.75 Å². The van der Waals surface area contributed by atoms with E-state index in [0.717, 1.165) is 5.75 Å². The normalized spacial score (nSPS) is 12.4. The Morgan fingerprint density at radius 1 is 0.900 bits per heavy atom. The second kappa shape index (κ2) is 6.58. The van der Waals surface area contributed by atoms with E-state index in [-0.39, 0.29) is 6.04 Å². The minimum absolute atomic E-state index is 0.186. The van der Waals surface area contributed by atoms with Gasteiger partial charge in [0, 0.05) is 0 Å². The van der Waals surface area contributed by atoms with Crippen molar-refractivity contribution in [3.63, 3.8) is 0 Å². The quantitative estimate of drug-likeness (QED) is 0.881. The first-order valence-electron chi connectivity index (χ1n) is 7.06. The molecule has 0 amide bonds. The topological polar surface area (TPSA) is 21.3 Å². The molecule has 2 aromatic rings. The molecule has 1 N–H and O–H groups in total. The molecule has 20 heavy (non-hydrogen) atoms. The molecule has 0 aliphatic carbocycles. The van der Waals surface area contributed by atoms with Crippen molar-refractivity contribution in [2.24, 2.45) is 0 Å². The highest BCUT2D eigenvalue weighted by Gasteiger charge is 2.12. The lowest BCUT2D eigenvalue weighted by molar-refractivity contribution is 0.414. The summed E-state index contributed by atoms with van der Waals surface area (Å²) >= 11 is 0. The summed E-state index contributed by atoms with van der Waals surface area (Å²) in [6.45, 7) is 4.43. The number of ether oxygens (including phenoxy) is 1. The number of nitrogens with one attached hydrogen (secondary N) is 1. The molecule has 2 aromatic carbocycles. The minimum atomic E-state index is 0.186. The molecule has 2 nitrogen and oxygen atoms in total. The predicted octanol–water partition coefficient (Wildman–Crippen LogP) is 4.13. The molecular formula is C18H23NO. The van der Waals surface area contributed by atoms with Crippen LogP contribution in [0.3, 0.4) is 0 Å². The highest BCUT2D eigenvalue weighted by atomic mass is 16.5. The minimum Gasteiger partial charge on any atom is -0.497 e. The van der Waals surface area contributed by atoms with E-state index in [1.165, 1.54) is 16.7 Å². The Hall–Kier alpha value is -1.80. The number of hydrogen-bond donors (Lipinski definition) is 1. The van der Waals surface area contributed by atoms with E-state index < -0.39 is 0 Å². The summed E-state index contributed by atoms with van der Waals surface area (Å²) in [5.41, 5.74) is 3.85. The first-order chi connectivity index (χ1) is 9.65. The molecule has 0 aliphatic rings. The van der Waals surface area contributed by atoms with Crippen LogP contribution in [0.2, 0.25) is 0 Å². The van der Waals surface area contributed by atoms with Gasteiger partial charge < -0.3 is 10.1 Å². The third-order valence-electron chi connectivity index (χ3n) is 3.65. The molecule has 0 fully saturated rings. The Morgan fingerprint density at radius 2 is 1.55 bits per heavy atom. The molecule has 0 radical (unpaired) electrons. The molecule has 2 heteroatoms. The predicted molar refractivity (Wildman–Crippen MR) is 84.4 cm³/mol. The standard InChI is InChI=1S/C18H23NO/c1-13(2)14-8-10-15(11-9-14)18(19-3)16-6-5-7-17(12-16)20-4/h5-13,18-19H,1-4H3. The van der Waals surface area contributed by atoms with Crippen LogP contribution >= 0.6 is 0 Å². The maximum absolute atomic E-state index is 5.31. The van der Waals surface area contributed by atoms with E-state index >= 15 is 0 Å². The van der Waals surface area contributed by atoms with Crippen molar-refractivity contribution >= 4 is 0 Å². The maximum atomic E-state index is 5.31. The van der Waals surface area contributed by atoms with Crippen LogP contribution in [-0.2, 0) is 0 Å². The van der Waals surface area contributed by atoms with Crippen molar-refractivity contribution < 1.29 is 4.74 Å². The Morgan fingerprint density at radius 3 is 2.10 bits per heavy atom. The fourth-order valence-corrected chi connectivity index (χ4v) is 2.42. The van der Waals surface area contributed by atoms with Gasteiger partial charge in [-0.15, -0.1) is 0 Å². The zero-order chi connectivity index (χ0) is 14.5. The van der Waals surface area contributed by atoms with Crippen LogP contribution in [-0.4, -0.2) is 14.2 Å². The van der Waals surface area contributed by atoms with Gasteiger partial charge in [-0.3, -0.25) is 0 Å². The molecule has 1 atom stereocenters. The van der Waals surface area contributed by atoms with Crippen LogP contribution in [0.1, 0.15) is 42.5 Å². The molecule has 0 saturated carbocycles. The Labute approximate surface area is 121 Å². The van der Waals surface area contributed by atoms with Gasteiger partial charge in [0.25, 0.3) is 0 Å². The average Bonchev–Trinajstić information content (AvgIpc) is 2.49. The number of methoxy groups -OCH3 is 1. The van der Waals surface area contributed by atoms with Crippen LogP contribution in [0.15, 0.2) is 48.5 Å². The van der Waals surface area contributed by atoms with E-state index in [1.807, 2.05) is 19.2 Å². The van der Waals surface area contributed by atoms with Crippen molar-refractivity contribution in [2.75, 3.05) is 14.2 Å². The smallest absolute Gasteiger partial charge is 0.119 e. The Bertz CT molecular complexity index is 546. The fourth-order valence-electron chi connectivity index (χ4n) is 2.42. The summed E-state index contributed by atoms with van der Waals surface area (Å²) in [4.78, 5) is 0. The maximum Gasteiger partial charge on any atom is 0.119 e. The van der Waals surface area contributed by atoms with Crippen molar-refractivity contribution in [3.05, 3.63) is 65.2 Å². The van der Waals surface area contributed by atoms with E-state index in [0.29, 0.717) is 5.92 Å². The SMILES string of the molecule is CNC(c1ccc(C(C)C)cc1)c1cccc(OC)c1. The molecule has 0 saturated heterocycles. The van der Waals surface area contributed by atoms with E-state index in [2.05, 4.69) is 55.6 Å². The monoisotopic (exact) mass is 269 g/mol. The molecule has 1 unspecified atom stereocenters. The summed E-state index contributed by atoms with van der Waals surface area (Å²) < 4.78 is 5.31. The Balaban J connectivity index is 2.31. The third-order valence-corrected chi connectivity index (χ3v) is 3.65. The highest BCUT2D eigenvalue weighted by molar-refractivity contribution is 5.37. The molecule has 106 valence electrons. The molecule has 0 spiro atoms. The first kappa shape index (κ1) is 14.6. The molecule has 0 aromatic heterocycles. The van der Waals surface area contributed by atoms with Crippen LogP contribution in [0, 0.1) is 0 Å². The van der Waals surface area contributed by atoms with Gasteiger partial charge in [0.05, 0.1) is 13.2 Å². The van der Waals surface area contributed by atoms with Crippen LogP contribution < -0.4 is 10.1 Å². The molecule has 0 heterocycles. The van der Waals surface area contributed by atoms with Gasteiger partial charge in [0.15, 0.2) is 0 Å². The van der Waals surface area contributed by atoms with E-state index in [1.54, 1.807) is 7.11 Å². The van der Waals surface area contributed by atoms with Gasteiger partial charge in [-0.1, -0.05) is 50.2 Å². The number of hydrogen-bond acceptors (Lipinski definition) is 2. The van der Waals surface area contributed by atoms with Gasteiger partial charge in [0.1, 0.15) is 5.75 Å². The summed E-state index contributed by atoms with van der Waals surface area (Å²) in [5.74, 6) is 1.45. The lowest BCUT2D eigenvalue weighted by Crippen LogP contribution is -2.17. The summed E-state index contributed by atoms with van der Waals surface area (Å²) in [6.07, 6.45) is 0. The van der Waals surface area contributed by atoms with Gasteiger partial charge >= 0.3 is 0 Å². The zero-order valence-electron chi connectivity index (χ0n) is 12.7. The number of benzene rings is 2. The molecular weight excluding hydrogens is 246 g/mol. The zero-order valence-corrected chi connectivity index (χ0v) is 12.7. The summed E-state index contributed by atoms with van der Waals surface area (Å²) in [7, 11) is 3.69. The van der Waals surface area contributed by atoms with Gasteiger partial charge in [-0.2, -0.15) is 0 Å². The molecule has 0 aliphatic heterocycles. The second-order valence-electron chi connectivity index (χ2n) is 5.32.